The van der Waals surface area contributed by atoms with Crippen LogP contribution in [-0.2, 0) is 0 Å². The van der Waals surface area contributed by atoms with E-state index < -0.39 is 0 Å². The molecule has 0 aromatic heterocycles. The van der Waals surface area contributed by atoms with E-state index in [0.717, 1.165) is 4.47 Å². The maximum absolute atomic E-state index is 3.78. The van der Waals surface area contributed by atoms with Crippen molar-refractivity contribution in [2.75, 3.05) is 0 Å². The first-order valence-corrected chi connectivity index (χ1v) is 12.0. The highest BCUT2D eigenvalue weighted by Gasteiger charge is 2.17. The number of fused-ring (bicyclic) bond motifs is 1. The lowest BCUT2D eigenvalue weighted by Crippen LogP contribution is -1.91. The molecule has 0 saturated heterocycles. The summed E-state index contributed by atoms with van der Waals surface area (Å²) in [5.41, 5.74) is 5.10. The zero-order valence-electron chi connectivity index (χ0n) is 17.8. The second kappa shape index (κ2) is 7.16. The molecule has 0 unspecified atom stereocenters. The fourth-order valence-corrected chi connectivity index (χ4v) is 5.87. The Kier molecular flexibility index (Phi) is 4.09. The van der Waals surface area contributed by atoms with Crippen molar-refractivity contribution in [3.8, 4) is 22.3 Å². The van der Waals surface area contributed by atoms with Gasteiger partial charge in [-0.3, -0.25) is 0 Å². The third-order valence-electron chi connectivity index (χ3n) is 6.89. The van der Waals surface area contributed by atoms with Gasteiger partial charge in [0, 0.05) is 4.47 Å². The molecule has 1 heteroatoms. The summed E-state index contributed by atoms with van der Waals surface area (Å²) in [5.74, 6) is 0. The molecule has 0 fully saturated rings. The number of hydrogen-bond acceptors (Lipinski definition) is 0. The summed E-state index contributed by atoms with van der Waals surface area (Å²) in [6, 6.07) is 42.0. The van der Waals surface area contributed by atoms with E-state index >= 15 is 0 Å². The van der Waals surface area contributed by atoms with Gasteiger partial charge < -0.3 is 0 Å². The molecule has 0 radical (unpaired) electrons. The van der Waals surface area contributed by atoms with Gasteiger partial charge >= 0.3 is 0 Å². The summed E-state index contributed by atoms with van der Waals surface area (Å²) >= 11 is 3.78. The Labute approximate surface area is 200 Å². The van der Waals surface area contributed by atoms with E-state index in [4.69, 9.17) is 0 Å². The first kappa shape index (κ1) is 18.8. The van der Waals surface area contributed by atoms with Crippen molar-refractivity contribution < 1.29 is 0 Å². The first-order chi connectivity index (χ1) is 16.3. The van der Waals surface area contributed by atoms with E-state index in [2.05, 4.69) is 131 Å². The largest absolute Gasteiger partial charge is 0.0622 e. The van der Waals surface area contributed by atoms with Gasteiger partial charge in [-0.15, -0.1) is 0 Å². The number of hydrogen-bond donors (Lipinski definition) is 0. The second-order valence-corrected chi connectivity index (χ2v) is 9.51. The molecule has 7 aromatic carbocycles. The van der Waals surface area contributed by atoms with Gasteiger partial charge in [-0.25, -0.2) is 0 Å². The molecule has 0 nitrogen and oxygen atoms in total. The monoisotopic (exact) mass is 482 g/mol. The molecule has 0 bridgehead atoms. The van der Waals surface area contributed by atoms with Crippen LogP contribution in [0, 0.1) is 0 Å². The Morgan fingerprint density at radius 2 is 1.00 bits per heavy atom. The fourth-order valence-electron chi connectivity index (χ4n) is 5.40. The number of benzene rings is 7. The normalized spacial score (nSPS) is 11.8. The molecule has 0 aliphatic heterocycles. The highest BCUT2D eigenvalue weighted by Crippen LogP contribution is 2.45. The third kappa shape index (κ3) is 2.76. The summed E-state index contributed by atoms with van der Waals surface area (Å²) < 4.78 is 1.14. The van der Waals surface area contributed by atoms with Gasteiger partial charge in [0.05, 0.1) is 0 Å². The minimum atomic E-state index is 1.14. The number of rotatable bonds is 2. The summed E-state index contributed by atoms with van der Waals surface area (Å²) in [6.07, 6.45) is 0. The van der Waals surface area contributed by atoms with Crippen LogP contribution in [0.4, 0.5) is 0 Å². The molecule has 0 spiro atoms. The Morgan fingerprint density at radius 3 is 1.85 bits per heavy atom. The van der Waals surface area contributed by atoms with Crippen molar-refractivity contribution in [2.45, 2.75) is 0 Å². The topological polar surface area (TPSA) is 0 Å². The zero-order valence-corrected chi connectivity index (χ0v) is 19.4. The van der Waals surface area contributed by atoms with Crippen molar-refractivity contribution in [1.82, 2.24) is 0 Å². The summed E-state index contributed by atoms with van der Waals surface area (Å²) in [7, 11) is 0. The lowest BCUT2D eigenvalue weighted by atomic mass is 9.85. The summed E-state index contributed by atoms with van der Waals surface area (Å²) in [4.78, 5) is 0. The molecular formula is C32H19Br. The Bertz CT molecular complexity index is 1810. The molecular weight excluding hydrogens is 464 g/mol. The first-order valence-electron chi connectivity index (χ1n) is 11.2. The Morgan fingerprint density at radius 1 is 0.394 bits per heavy atom. The van der Waals surface area contributed by atoms with Crippen LogP contribution in [0.1, 0.15) is 0 Å². The molecule has 0 heterocycles. The quantitative estimate of drug-likeness (QED) is 0.215. The van der Waals surface area contributed by atoms with Crippen molar-refractivity contribution >= 4 is 59.0 Å². The number of halogens is 1. The average molecular weight is 483 g/mol. The van der Waals surface area contributed by atoms with E-state index in [1.54, 1.807) is 0 Å². The molecule has 0 atom stereocenters. The molecule has 0 amide bonds. The van der Waals surface area contributed by atoms with Crippen LogP contribution in [0.5, 0.6) is 0 Å². The van der Waals surface area contributed by atoms with Crippen molar-refractivity contribution in [3.05, 3.63) is 120 Å². The van der Waals surface area contributed by atoms with E-state index in [0.29, 0.717) is 0 Å². The predicted molar refractivity (Wildman–Crippen MR) is 146 cm³/mol. The van der Waals surface area contributed by atoms with Crippen molar-refractivity contribution in [1.29, 1.82) is 0 Å². The maximum Gasteiger partial charge on any atom is 0.0254 e. The van der Waals surface area contributed by atoms with Crippen molar-refractivity contribution in [2.24, 2.45) is 0 Å². The van der Waals surface area contributed by atoms with Crippen LogP contribution in [0.3, 0.4) is 0 Å². The molecule has 0 saturated carbocycles. The van der Waals surface area contributed by atoms with Crippen LogP contribution in [0.25, 0.3) is 65.3 Å². The van der Waals surface area contributed by atoms with Gasteiger partial charge in [-0.2, -0.15) is 0 Å². The highest BCUT2D eigenvalue weighted by molar-refractivity contribution is 9.10. The van der Waals surface area contributed by atoms with Crippen molar-refractivity contribution in [3.63, 3.8) is 0 Å². The van der Waals surface area contributed by atoms with Crippen LogP contribution < -0.4 is 0 Å². The fraction of sp³-hybridized carbons (Fsp3) is 0. The predicted octanol–water partition coefficient (Wildman–Crippen LogP) is 9.83. The minimum absolute atomic E-state index is 1.14. The van der Waals surface area contributed by atoms with Crippen LogP contribution in [0.2, 0.25) is 0 Å². The van der Waals surface area contributed by atoms with Crippen LogP contribution in [0.15, 0.2) is 120 Å². The molecule has 0 aliphatic carbocycles. The minimum Gasteiger partial charge on any atom is -0.0622 e. The Hall–Kier alpha value is -3.68. The van der Waals surface area contributed by atoms with Gasteiger partial charge in [0.25, 0.3) is 0 Å². The van der Waals surface area contributed by atoms with Crippen LogP contribution in [-0.4, -0.2) is 0 Å². The molecule has 7 aromatic rings. The van der Waals surface area contributed by atoms with Gasteiger partial charge in [0.2, 0.25) is 0 Å². The summed E-state index contributed by atoms with van der Waals surface area (Å²) in [6.45, 7) is 0. The van der Waals surface area contributed by atoms with Gasteiger partial charge in [-0.05, 0) is 71.4 Å². The van der Waals surface area contributed by atoms with Gasteiger partial charge in [-0.1, -0.05) is 125 Å². The molecule has 7 rings (SSSR count). The molecule has 33 heavy (non-hydrogen) atoms. The summed E-state index contributed by atoms with van der Waals surface area (Å²) in [5, 5.41) is 10.4. The lowest BCUT2D eigenvalue weighted by molar-refractivity contribution is 1.63. The van der Waals surface area contributed by atoms with Gasteiger partial charge in [0.15, 0.2) is 0 Å². The van der Waals surface area contributed by atoms with E-state index in [1.807, 2.05) is 0 Å². The average Bonchev–Trinajstić information content (AvgIpc) is 2.88. The highest BCUT2D eigenvalue weighted by atomic mass is 79.9. The molecule has 0 N–H and O–H groups in total. The maximum atomic E-state index is 3.78. The van der Waals surface area contributed by atoms with E-state index in [-0.39, 0.29) is 0 Å². The molecule has 154 valence electrons. The van der Waals surface area contributed by atoms with E-state index in [1.165, 1.54) is 65.3 Å². The second-order valence-electron chi connectivity index (χ2n) is 8.66. The standard InChI is InChI=1S/C32H19Br/c33-29-19-14-23-11-16-26-27(17-12-22-13-18-28(29)31(23)30(22)26)32-24-9-5-4-8-21(24)10-15-25(32)20-6-2-1-3-7-20/h1-19H. The van der Waals surface area contributed by atoms with Crippen LogP contribution >= 0.6 is 15.9 Å². The zero-order chi connectivity index (χ0) is 21.9. The van der Waals surface area contributed by atoms with Gasteiger partial charge in [0.1, 0.15) is 0 Å². The smallest absolute Gasteiger partial charge is 0.0254 e. The molecule has 0 aliphatic rings. The third-order valence-corrected chi connectivity index (χ3v) is 7.59. The Balaban J connectivity index is 1.68. The lowest BCUT2D eigenvalue weighted by Gasteiger charge is -2.19. The SMILES string of the molecule is Brc1ccc2ccc3c(-c4c(-c5ccccc5)ccc5ccccc45)ccc4ccc1c2c43. The van der Waals surface area contributed by atoms with E-state index in [9.17, 15) is 0 Å².